The molecule has 3 aromatic rings. The Balaban J connectivity index is 1.40. The van der Waals surface area contributed by atoms with E-state index in [9.17, 15) is 22.0 Å². The lowest BCUT2D eigenvalue weighted by Crippen LogP contribution is -2.42. The first-order chi connectivity index (χ1) is 17.7. The number of carbonyl (C=O) groups is 1. The summed E-state index contributed by atoms with van der Waals surface area (Å²) in [5, 5.41) is 10.2. The molecule has 0 radical (unpaired) electrons. The average Bonchev–Trinajstić information content (AvgIpc) is 3.50. The van der Waals surface area contributed by atoms with Crippen LogP contribution in [0.15, 0.2) is 48.5 Å². The highest BCUT2D eigenvalue weighted by atomic mass is 32.2. The first kappa shape index (κ1) is 25.3. The van der Waals surface area contributed by atoms with Crippen molar-refractivity contribution in [2.24, 2.45) is 0 Å². The SMILES string of the molecule is COCCN1C[C@@H](NC(=O)Nc2c3c(nn2-c2ccccc2)CS(=O)(=O)C3)[C@H](c2ccc(F)c(F)c2)C1. The number of carbonyl (C=O) groups excluding carboxylic acids is 1. The highest BCUT2D eigenvalue weighted by Gasteiger charge is 2.37. The molecule has 0 unspecified atom stereocenters. The number of ether oxygens (including phenoxy) is 1. The van der Waals surface area contributed by atoms with Crippen molar-refractivity contribution < 1.29 is 26.7 Å². The molecule has 2 amide bonds. The van der Waals surface area contributed by atoms with E-state index in [1.165, 1.54) is 10.7 Å². The maximum absolute atomic E-state index is 14.0. The van der Waals surface area contributed by atoms with Crippen LogP contribution in [0, 0.1) is 11.6 Å². The molecule has 12 heteroatoms. The van der Waals surface area contributed by atoms with Crippen molar-refractivity contribution in [1.29, 1.82) is 0 Å². The van der Waals surface area contributed by atoms with Crippen LogP contribution in [0.2, 0.25) is 0 Å². The van der Waals surface area contributed by atoms with Crippen molar-refractivity contribution in [3.63, 3.8) is 0 Å². The number of sulfone groups is 1. The molecule has 5 rings (SSSR count). The van der Waals surface area contributed by atoms with Gasteiger partial charge >= 0.3 is 6.03 Å². The second-order valence-electron chi connectivity index (χ2n) is 9.29. The van der Waals surface area contributed by atoms with Gasteiger partial charge in [-0.3, -0.25) is 10.2 Å². The maximum Gasteiger partial charge on any atom is 0.320 e. The van der Waals surface area contributed by atoms with Crippen molar-refractivity contribution in [3.05, 3.63) is 77.0 Å². The topological polar surface area (TPSA) is 106 Å². The first-order valence-electron chi connectivity index (χ1n) is 11.8. The minimum absolute atomic E-state index is 0.187. The summed E-state index contributed by atoms with van der Waals surface area (Å²) in [6, 6.07) is 11.9. The zero-order valence-electron chi connectivity index (χ0n) is 20.2. The third kappa shape index (κ3) is 5.36. The second kappa shape index (κ2) is 10.2. The average molecular weight is 532 g/mol. The van der Waals surface area contributed by atoms with Crippen molar-refractivity contribution in [1.82, 2.24) is 20.0 Å². The number of nitrogens with one attached hydrogen (secondary N) is 2. The van der Waals surface area contributed by atoms with Gasteiger partial charge in [0.15, 0.2) is 21.5 Å². The normalized spacial score (nSPS) is 20.6. The largest absolute Gasteiger partial charge is 0.383 e. The molecular weight excluding hydrogens is 504 g/mol. The van der Waals surface area contributed by atoms with E-state index < -0.39 is 33.5 Å². The molecule has 0 aliphatic carbocycles. The van der Waals surface area contributed by atoms with E-state index in [0.29, 0.717) is 54.6 Å². The molecular formula is C25H27F2N5O4S. The van der Waals surface area contributed by atoms with Crippen molar-refractivity contribution in [3.8, 4) is 5.69 Å². The van der Waals surface area contributed by atoms with E-state index in [1.807, 2.05) is 30.3 Å². The number of nitrogens with zero attached hydrogens (tertiary/aromatic N) is 3. The van der Waals surface area contributed by atoms with Crippen LogP contribution in [0.1, 0.15) is 22.7 Å². The van der Waals surface area contributed by atoms with Crippen LogP contribution >= 0.6 is 0 Å². The lowest BCUT2D eigenvalue weighted by molar-refractivity contribution is 0.159. The van der Waals surface area contributed by atoms with Gasteiger partial charge in [-0.25, -0.2) is 26.7 Å². The van der Waals surface area contributed by atoms with E-state index >= 15 is 0 Å². The number of rotatable bonds is 7. The predicted octanol–water partition coefficient (Wildman–Crippen LogP) is 2.81. The summed E-state index contributed by atoms with van der Waals surface area (Å²) in [7, 11) is -1.74. The number of likely N-dealkylation sites (tertiary alicyclic amines) is 1. The predicted molar refractivity (Wildman–Crippen MR) is 133 cm³/mol. The molecule has 2 aliphatic rings. The summed E-state index contributed by atoms with van der Waals surface area (Å²) >= 11 is 0. The Bertz CT molecular complexity index is 1410. The van der Waals surface area contributed by atoms with Crippen LogP contribution in [0.4, 0.5) is 19.4 Å². The molecule has 9 nitrogen and oxygen atoms in total. The molecule has 196 valence electrons. The minimum Gasteiger partial charge on any atom is -0.383 e. The third-order valence-electron chi connectivity index (χ3n) is 6.72. The van der Waals surface area contributed by atoms with Gasteiger partial charge in [0, 0.05) is 38.2 Å². The Hall–Kier alpha value is -3.35. The summed E-state index contributed by atoms with van der Waals surface area (Å²) in [5.74, 6) is -2.27. The molecule has 2 atom stereocenters. The van der Waals surface area contributed by atoms with Crippen molar-refractivity contribution in [2.75, 3.05) is 38.7 Å². The molecule has 1 saturated heterocycles. The number of anilines is 1. The standard InChI is InChI=1S/C25H27F2N5O4S/c1-36-10-9-31-12-18(16-7-8-20(26)21(27)11-16)22(13-31)28-25(33)29-24-19-14-37(34,35)15-23(19)30-32(24)17-5-3-2-4-6-17/h2-8,11,18,22H,9-10,12-15H2,1H3,(H2,28,29,33)/t18-,22+/m0/s1. The molecule has 1 fully saturated rings. The Morgan fingerprint density at radius 2 is 1.89 bits per heavy atom. The van der Waals surface area contributed by atoms with Crippen LogP contribution in [0.5, 0.6) is 0 Å². The van der Waals surface area contributed by atoms with Gasteiger partial charge in [-0.05, 0) is 29.8 Å². The van der Waals surface area contributed by atoms with E-state index in [0.717, 1.165) is 12.1 Å². The van der Waals surface area contributed by atoms with Crippen LogP contribution in [-0.2, 0) is 26.1 Å². The lowest BCUT2D eigenvalue weighted by atomic mass is 9.94. The number of methoxy groups -OCH3 is 1. The lowest BCUT2D eigenvalue weighted by Gasteiger charge is -2.21. The van der Waals surface area contributed by atoms with E-state index in [4.69, 9.17) is 4.74 Å². The smallest absolute Gasteiger partial charge is 0.320 e. The zero-order valence-corrected chi connectivity index (χ0v) is 21.0. The van der Waals surface area contributed by atoms with Crippen LogP contribution in [-0.4, -0.2) is 68.5 Å². The maximum atomic E-state index is 14.0. The molecule has 2 aromatic carbocycles. The summed E-state index contributed by atoms with van der Waals surface area (Å²) in [6.07, 6.45) is 0. The molecule has 0 spiro atoms. The van der Waals surface area contributed by atoms with Crippen LogP contribution in [0.25, 0.3) is 5.69 Å². The van der Waals surface area contributed by atoms with Gasteiger partial charge in [0.2, 0.25) is 0 Å². The Morgan fingerprint density at radius 1 is 1.11 bits per heavy atom. The Morgan fingerprint density at radius 3 is 2.62 bits per heavy atom. The fourth-order valence-corrected chi connectivity index (χ4v) is 6.45. The second-order valence-corrected chi connectivity index (χ2v) is 11.4. The number of para-hydroxylation sites is 1. The van der Waals surface area contributed by atoms with Crippen molar-refractivity contribution in [2.45, 2.75) is 23.5 Å². The Kier molecular flexibility index (Phi) is 6.97. The highest BCUT2D eigenvalue weighted by Crippen LogP contribution is 2.33. The molecule has 0 bridgehead atoms. The van der Waals surface area contributed by atoms with Gasteiger partial charge in [0.25, 0.3) is 0 Å². The summed E-state index contributed by atoms with van der Waals surface area (Å²) in [6.45, 7) is 2.10. The summed E-state index contributed by atoms with van der Waals surface area (Å²) in [5.41, 5.74) is 2.12. The number of fused-ring (bicyclic) bond motifs is 1. The van der Waals surface area contributed by atoms with Crippen LogP contribution < -0.4 is 10.6 Å². The minimum atomic E-state index is -3.34. The molecule has 3 heterocycles. The Labute approximate surface area is 213 Å². The summed E-state index contributed by atoms with van der Waals surface area (Å²) < 4.78 is 58.7. The number of amides is 2. The van der Waals surface area contributed by atoms with Gasteiger partial charge in [0.1, 0.15) is 5.82 Å². The molecule has 0 saturated carbocycles. The molecule has 37 heavy (non-hydrogen) atoms. The van der Waals surface area contributed by atoms with E-state index in [-0.39, 0.29) is 17.4 Å². The van der Waals surface area contributed by atoms with E-state index in [2.05, 4.69) is 20.6 Å². The number of benzene rings is 2. The van der Waals surface area contributed by atoms with Gasteiger partial charge in [0.05, 0.1) is 35.5 Å². The third-order valence-corrected chi connectivity index (χ3v) is 8.16. The van der Waals surface area contributed by atoms with Gasteiger partial charge in [-0.1, -0.05) is 24.3 Å². The number of aromatic nitrogens is 2. The zero-order chi connectivity index (χ0) is 26.2. The molecule has 2 N–H and O–H groups in total. The number of halogens is 2. The summed E-state index contributed by atoms with van der Waals surface area (Å²) in [4.78, 5) is 15.3. The quantitative estimate of drug-likeness (QED) is 0.486. The van der Waals surface area contributed by atoms with Gasteiger partial charge < -0.3 is 10.1 Å². The first-order valence-corrected chi connectivity index (χ1v) is 13.7. The number of urea groups is 1. The fourth-order valence-electron chi connectivity index (χ4n) is 4.95. The van der Waals surface area contributed by atoms with E-state index in [1.54, 1.807) is 7.11 Å². The monoisotopic (exact) mass is 531 g/mol. The number of hydrogen-bond donors (Lipinski definition) is 2. The van der Waals surface area contributed by atoms with Gasteiger partial charge in [-0.2, -0.15) is 5.10 Å². The number of hydrogen-bond acceptors (Lipinski definition) is 6. The molecule has 2 aliphatic heterocycles. The van der Waals surface area contributed by atoms with Gasteiger partial charge in [-0.15, -0.1) is 0 Å². The highest BCUT2D eigenvalue weighted by molar-refractivity contribution is 7.90. The fraction of sp³-hybridized carbons (Fsp3) is 0.360. The van der Waals surface area contributed by atoms with Crippen LogP contribution in [0.3, 0.4) is 0 Å². The van der Waals surface area contributed by atoms with Crippen molar-refractivity contribution >= 4 is 21.7 Å². The molecule has 1 aromatic heterocycles.